The summed E-state index contributed by atoms with van der Waals surface area (Å²) < 4.78 is 0. The Morgan fingerprint density at radius 2 is 1.92 bits per heavy atom. The number of anilines is 1. The molecule has 0 radical (unpaired) electrons. The van der Waals surface area contributed by atoms with Crippen molar-refractivity contribution < 1.29 is 4.79 Å². The number of rotatable bonds is 6. The van der Waals surface area contributed by atoms with Crippen molar-refractivity contribution in [2.45, 2.75) is 58.5 Å². The molecule has 1 saturated heterocycles. The normalized spacial score (nSPS) is 19.1. The zero-order chi connectivity index (χ0) is 17.1. The second kappa shape index (κ2) is 7.66. The Morgan fingerprint density at radius 3 is 2.62 bits per heavy atom. The lowest BCUT2D eigenvalue weighted by molar-refractivity contribution is -0.119. The van der Waals surface area contributed by atoms with Crippen LogP contribution in [-0.2, 0) is 17.8 Å². The minimum atomic E-state index is -0.374. The topological polar surface area (TPSA) is 49.6 Å². The third-order valence-corrected chi connectivity index (χ3v) is 5.36. The van der Waals surface area contributed by atoms with Crippen LogP contribution in [0.25, 0.3) is 0 Å². The molecule has 2 heterocycles. The summed E-state index contributed by atoms with van der Waals surface area (Å²) in [7, 11) is 0. The average Bonchev–Trinajstić information content (AvgIpc) is 3.21. The van der Waals surface area contributed by atoms with E-state index in [0.29, 0.717) is 5.92 Å². The molecule has 1 amide bonds. The maximum absolute atomic E-state index is 12.8. The van der Waals surface area contributed by atoms with E-state index in [2.05, 4.69) is 36.9 Å². The lowest BCUT2D eigenvalue weighted by atomic mass is 10.0. The Morgan fingerprint density at radius 1 is 1.17 bits per heavy atom. The molecular formula is C20H31N3O. The fourth-order valence-corrected chi connectivity index (χ4v) is 3.90. The molecule has 1 unspecified atom stereocenters. The van der Waals surface area contributed by atoms with Crippen LogP contribution in [0.5, 0.6) is 0 Å². The summed E-state index contributed by atoms with van der Waals surface area (Å²) in [4.78, 5) is 17.2. The summed E-state index contributed by atoms with van der Waals surface area (Å²) in [5.41, 5.74) is 10.0. The molecule has 0 aromatic heterocycles. The Kier molecular flexibility index (Phi) is 5.57. The van der Waals surface area contributed by atoms with E-state index in [1.165, 1.54) is 37.1 Å². The van der Waals surface area contributed by atoms with Gasteiger partial charge in [0, 0.05) is 18.8 Å². The Labute approximate surface area is 146 Å². The van der Waals surface area contributed by atoms with E-state index in [4.69, 9.17) is 5.73 Å². The average molecular weight is 329 g/mol. The smallest absolute Gasteiger partial charge is 0.243 e. The van der Waals surface area contributed by atoms with Crippen LogP contribution >= 0.6 is 0 Å². The van der Waals surface area contributed by atoms with Crippen molar-refractivity contribution in [3.63, 3.8) is 0 Å². The molecular weight excluding hydrogens is 298 g/mol. The van der Waals surface area contributed by atoms with Crippen molar-refractivity contribution in [2.24, 2.45) is 11.7 Å². The zero-order valence-electron chi connectivity index (χ0n) is 15.1. The molecule has 1 aromatic rings. The maximum atomic E-state index is 12.8. The third kappa shape index (κ3) is 3.81. The van der Waals surface area contributed by atoms with Crippen molar-refractivity contribution in [1.82, 2.24) is 4.90 Å². The predicted octanol–water partition coefficient (Wildman–Crippen LogP) is 2.94. The minimum absolute atomic E-state index is 0.0905. The van der Waals surface area contributed by atoms with Crippen LogP contribution in [0.1, 0.15) is 50.7 Å². The molecule has 24 heavy (non-hydrogen) atoms. The van der Waals surface area contributed by atoms with Crippen LogP contribution in [0.3, 0.4) is 0 Å². The van der Waals surface area contributed by atoms with Gasteiger partial charge in [-0.1, -0.05) is 26.0 Å². The Balaban J connectivity index is 1.71. The van der Waals surface area contributed by atoms with Gasteiger partial charge in [0.1, 0.15) is 0 Å². The van der Waals surface area contributed by atoms with Gasteiger partial charge in [0.25, 0.3) is 0 Å². The van der Waals surface area contributed by atoms with E-state index in [0.717, 1.165) is 38.0 Å². The van der Waals surface area contributed by atoms with Crippen molar-refractivity contribution in [2.75, 3.05) is 24.5 Å². The summed E-state index contributed by atoms with van der Waals surface area (Å²) >= 11 is 0. The number of fused-ring (bicyclic) bond motifs is 1. The lowest BCUT2D eigenvalue weighted by Gasteiger charge is -2.23. The highest BCUT2D eigenvalue weighted by atomic mass is 16.2. The molecule has 0 saturated carbocycles. The molecule has 1 fully saturated rings. The molecule has 0 spiro atoms. The monoisotopic (exact) mass is 329 g/mol. The number of carbonyl (C=O) groups excluding carboxylic acids is 1. The lowest BCUT2D eigenvalue weighted by Crippen LogP contribution is -2.43. The number of likely N-dealkylation sites (tertiary alicyclic amines) is 1. The van der Waals surface area contributed by atoms with Gasteiger partial charge in [-0.3, -0.25) is 9.69 Å². The van der Waals surface area contributed by atoms with Crippen LogP contribution in [0, 0.1) is 5.92 Å². The summed E-state index contributed by atoms with van der Waals surface area (Å²) in [6, 6.07) is 6.03. The second-order valence-electron chi connectivity index (χ2n) is 7.72. The van der Waals surface area contributed by atoms with E-state index in [-0.39, 0.29) is 11.9 Å². The van der Waals surface area contributed by atoms with Crippen LogP contribution in [0.15, 0.2) is 18.2 Å². The number of nitrogens with zero attached hydrogens (tertiary/aromatic N) is 2. The standard InChI is InChI=1S/C20H31N3O/c1-15(2)8-9-18(21)20(24)23-13-10-17-16(6-5-7-19(17)23)14-22-11-3-4-12-22/h5-7,15,18H,3-4,8-14,21H2,1-2H3. The Hall–Kier alpha value is -1.39. The zero-order valence-corrected chi connectivity index (χ0v) is 15.1. The van der Waals surface area contributed by atoms with Crippen LogP contribution in [0.2, 0.25) is 0 Å². The van der Waals surface area contributed by atoms with E-state index in [1.54, 1.807) is 0 Å². The Bertz CT molecular complexity index is 578. The van der Waals surface area contributed by atoms with Gasteiger partial charge in [-0.05, 0) is 68.3 Å². The molecule has 0 bridgehead atoms. The summed E-state index contributed by atoms with van der Waals surface area (Å²) in [5.74, 6) is 0.675. The first kappa shape index (κ1) is 17.4. The number of benzene rings is 1. The van der Waals surface area contributed by atoms with Crippen LogP contribution < -0.4 is 10.6 Å². The highest BCUT2D eigenvalue weighted by molar-refractivity contribution is 5.99. The van der Waals surface area contributed by atoms with Crippen molar-refractivity contribution in [3.05, 3.63) is 29.3 Å². The van der Waals surface area contributed by atoms with Gasteiger partial charge in [-0.2, -0.15) is 0 Å². The molecule has 1 atom stereocenters. The molecule has 0 aliphatic carbocycles. The van der Waals surface area contributed by atoms with Crippen molar-refractivity contribution in [3.8, 4) is 0 Å². The van der Waals surface area contributed by atoms with Crippen molar-refractivity contribution in [1.29, 1.82) is 0 Å². The number of hydrogen-bond acceptors (Lipinski definition) is 3. The van der Waals surface area contributed by atoms with Crippen LogP contribution in [0.4, 0.5) is 5.69 Å². The second-order valence-corrected chi connectivity index (χ2v) is 7.72. The molecule has 2 aliphatic rings. The molecule has 4 heteroatoms. The largest absolute Gasteiger partial charge is 0.320 e. The molecule has 4 nitrogen and oxygen atoms in total. The maximum Gasteiger partial charge on any atom is 0.243 e. The third-order valence-electron chi connectivity index (χ3n) is 5.36. The molecule has 132 valence electrons. The fourth-order valence-electron chi connectivity index (χ4n) is 3.90. The van der Waals surface area contributed by atoms with E-state index in [9.17, 15) is 4.79 Å². The van der Waals surface area contributed by atoms with Crippen LogP contribution in [-0.4, -0.2) is 36.5 Å². The van der Waals surface area contributed by atoms with Gasteiger partial charge in [-0.25, -0.2) is 0 Å². The van der Waals surface area contributed by atoms with Gasteiger partial charge in [0.05, 0.1) is 6.04 Å². The number of nitrogens with two attached hydrogens (primary N) is 1. The van der Waals surface area contributed by atoms with E-state index in [1.807, 2.05) is 4.90 Å². The first-order valence-corrected chi connectivity index (χ1v) is 9.46. The van der Waals surface area contributed by atoms with E-state index < -0.39 is 0 Å². The highest BCUT2D eigenvalue weighted by Gasteiger charge is 2.30. The molecule has 1 aromatic carbocycles. The van der Waals surface area contributed by atoms with E-state index >= 15 is 0 Å². The molecule has 3 rings (SSSR count). The summed E-state index contributed by atoms with van der Waals surface area (Å²) in [5, 5.41) is 0. The molecule has 2 N–H and O–H groups in total. The number of amides is 1. The first-order chi connectivity index (χ1) is 11.6. The van der Waals surface area contributed by atoms with Gasteiger partial charge in [0.2, 0.25) is 5.91 Å². The SMILES string of the molecule is CC(C)CCC(N)C(=O)N1CCc2c(CN3CCCC3)cccc21. The first-order valence-electron chi connectivity index (χ1n) is 9.46. The summed E-state index contributed by atoms with van der Waals surface area (Å²) in [6.07, 6.45) is 5.36. The number of carbonyl (C=O) groups is 1. The highest BCUT2D eigenvalue weighted by Crippen LogP contribution is 2.32. The fraction of sp³-hybridized carbons (Fsp3) is 0.650. The predicted molar refractivity (Wildman–Crippen MR) is 99.1 cm³/mol. The number of hydrogen-bond donors (Lipinski definition) is 1. The quantitative estimate of drug-likeness (QED) is 0.873. The van der Waals surface area contributed by atoms with Gasteiger partial charge in [-0.15, -0.1) is 0 Å². The van der Waals surface area contributed by atoms with Crippen molar-refractivity contribution >= 4 is 11.6 Å². The van der Waals surface area contributed by atoms with Gasteiger partial charge < -0.3 is 10.6 Å². The minimum Gasteiger partial charge on any atom is -0.320 e. The van der Waals surface area contributed by atoms with Gasteiger partial charge >= 0.3 is 0 Å². The summed E-state index contributed by atoms with van der Waals surface area (Å²) in [6.45, 7) is 8.55. The molecule has 2 aliphatic heterocycles. The van der Waals surface area contributed by atoms with Gasteiger partial charge in [0.15, 0.2) is 0 Å².